The van der Waals surface area contributed by atoms with Gasteiger partial charge in [0.2, 0.25) is 5.91 Å². The molecule has 188 valence electrons. The molecule has 0 aliphatic carbocycles. The lowest BCUT2D eigenvalue weighted by atomic mass is 9.89. The zero-order chi connectivity index (χ0) is 25.8. The third kappa shape index (κ3) is 5.88. The monoisotopic (exact) mass is 485 g/mol. The van der Waals surface area contributed by atoms with Gasteiger partial charge in [0.25, 0.3) is 0 Å². The van der Waals surface area contributed by atoms with E-state index in [-0.39, 0.29) is 24.1 Å². The van der Waals surface area contributed by atoms with Crippen molar-refractivity contribution < 1.29 is 14.3 Å². The van der Waals surface area contributed by atoms with Crippen LogP contribution < -0.4 is 15.5 Å². The van der Waals surface area contributed by atoms with Crippen molar-refractivity contribution in [2.45, 2.75) is 65.8 Å². The Morgan fingerprint density at radius 2 is 1.75 bits per heavy atom. The van der Waals surface area contributed by atoms with E-state index in [9.17, 15) is 9.59 Å². The van der Waals surface area contributed by atoms with Crippen LogP contribution in [0.5, 0.6) is 0 Å². The third-order valence-electron chi connectivity index (χ3n) is 6.47. The zero-order valence-corrected chi connectivity index (χ0v) is 21.7. The number of aryl methyl sites for hydroxylation is 1. The van der Waals surface area contributed by atoms with Crippen LogP contribution in [0.2, 0.25) is 0 Å². The van der Waals surface area contributed by atoms with Crippen molar-refractivity contribution in [2.75, 3.05) is 10.2 Å². The molecule has 3 aromatic rings. The largest absolute Gasteiger partial charge is 0.447 e. The summed E-state index contributed by atoms with van der Waals surface area (Å²) in [7, 11) is 0. The van der Waals surface area contributed by atoms with Crippen molar-refractivity contribution in [3.8, 4) is 11.1 Å². The van der Waals surface area contributed by atoms with E-state index in [2.05, 4.69) is 66.1 Å². The maximum Gasteiger partial charge on any atom is 0.407 e. The maximum atomic E-state index is 12.5. The summed E-state index contributed by atoms with van der Waals surface area (Å²) in [6.07, 6.45) is -0.0423. The molecular weight excluding hydrogens is 450 g/mol. The molecular formula is C30H35N3O3. The standard InChI is InChI=1S/C30H35N3O3/c1-19(2)36-30(35)32-28-15-21(4)33(22(5)34)29-14-13-25(17-27(28)29)24-7-6-8-26(16-24)31-18-23-11-9-20(3)10-12-23/h6-14,16-17,19,21,28,31H,15,18H2,1-5H3,(H,32,35)/t21-,28+/m0/s1. The highest BCUT2D eigenvalue weighted by atomic mass is 16.6. The van der Waals surface area contributed by atoms with Gasteiger partial charge in [0.1, 0.15) is 0 Å². The first-order chi connectivity index (χ1) is 17.2. The summed E-state index contributed by atoms with van der Waals surface area (Å²) in [6.45, 7) is 10.1. The molecule has 0 saturated carbocycles. The predicted octanol–water partition coefficient (Wildman–Crippen LogP) is 6.59. The van der Waals surface area contributed by atoms with E-state index in [0.29, 0.717) is 6.42 Å². The summed E-state index contributed by atoms with van der Waals surface area (Å²) in [6, 6.07) is 22.6. The molecule has 4 rings (SSSR count). The highest BCUT2D eigenvalue weighted by Gasteiger charge is 2.33. The Morgan fingerprint density at radius 3 is 2.44 bits per heavy atom. The Balaban J connectivity index is 1.62. The van der Waals surface area contributed by atoms with Crippen molar-refractivity contribution >= 4 is 23.4 Å². The Morgan fingerprint density at radius 1 is 1.03 bits per heavy atom. The number of alkyl carbamates (subject to hydrolysis) is 1. The van der Waals surface area contributed by atoms with E-state index in [1.165, 1.54) is 11.1 Å². The highest BCUT2D eigenvalue weighted by molar-refractivity contribution is 5.94. The van der Waals surface area contributed by atoms with E-state index in [1.807, 2.05) is 43.9 Å². The first-order valence-electron chi connectivity index (χ1n) is 12.5. The Kier molecular flexibility index (Phi) is 7.63. The molecule has 0 saturated heterocycles. The molecule has 1 heterocycles. The van der Waals surface area contributed by atoms with Crippen LogP contribution >= 0.6 is 0 Å². The number of nitrogens with zero attached hydrogens (tertiary/aromatic N) is 1. The first-order valence-corrected chi connectivity index (χ1v) is 12.5. The van der Waals surface area contributed by atoms with Crippen LogP contribution in [0, 0.1) is 6.92 Å². The van der Waals surface area contributed by atoms with Crippen LogP contribution in [0.25, 0.3) is 11.1 Å². The van der Waals surface area contributed by atoms with E-state index in [1.54, 1.807) is 6.92 Å². The number of carbonyl (C=O) groups excluding carboxylic acids is 2. The average molecular weight is 486 g/mol. The molecule has 0 spiro atoms. The number of ether oxygens (including phenoxy) is 1. The second kappa shape index (κ2) is 10.9. The fraction of sp³-hybridized carbons (Fsp3) is 0.333. The first kappa shape index (κ1) is 25.3. The smallest absolute Gasteiger partial charge is 0.407 e. The van der Waals surface area contributed by atoms with Crippen LogP contribution in [0.15, 0.2) is 66.7 Å². The van der Waals surface area contributed by atoms with E-state index >= 15 is 0 Å². The van der Waals surface area contributed by atoms with Gasteiger partial charge in [-0.2, -0.15) is 0 Å². The van der Waals surface area contributed by atoms with E-state index < -0.39 is 6.09 Å². The van der Waals surface area contributed by atoms with Crippen molar-refractivity contribution in [3.63, 3.8) is 0 Å². The molecule has 0 bridgehead atoms. The second-order valence-electron chi connectivity index (χ2n) is 9.82. The Bertz CT molecular complexity index is 1240. The quantitative estimate of drug-likeness (QED) is 0.413. The Labute approximate surface area is 213 Å². The minimum absolute atomic E-state index is 0.0120. The highest BCUT2D eigenvalue weighted by Crippen LogP contribution is 2.40. The lowest BCUT2D eigenvalue weighted by Gasteiger charge is -2.39. The van der Waals surface area contributed by atoms with Crippen molar-refractivity contribution in [3.05, 3.63) is 83.4 Å². The number of hydrogen-bond acceptors (Lipinski definition) is 4. The van der Waals surface area contributed by atoms with Crippen LogP contribution in [0.4, 0.5) is 16.2 Å². The van der Waals surface area contributed by atoms with Crippen LogP contribution in [0.3, 0.4) is 0 Å². The zero-order valence-electron chi connectivity index (χ0n) is 21.7. The summed E-state index contributed by atoms with van der Waals surface area (Å²) < 4.78 is 5.34. The number of nitrogens with one attached hydrogen (secondary N) is 2. The van der Waals surface area contributed by atoms with Gasteiger partial charge in [-0.3, -0.25) is 4.79 Å². The van der Waals surface area contributed by atoms with Crippen molar-refractivity contribution in [2.24, 2.45) is 0 Å². The topological polar surface area (TPSA) is 70.7 Å². The molecule has 0 unspecified atom stereocenters. The van der Waals surface area contributed by atoms with Gasteiger partial charge in [-0.05, 0) is 80.6 Å². The molecule has 1 aliphatic heterocycles. The number of fused-ring (bicyclic) bond motifs is 1. The fourth-order valence-corrected chi connectivity index (χ4v) is 4.77. The van der Waals surface area contributed by atoms with Gasteiger partial charge >= 0.3 is 6.09 Å². The summed E-state index contributed by atoms with van der Waals surface area (Å²) in [5.41, 5.74) is 7.32. The van der Waals surface area contributed by atoms with Gasteiger partial charge in [-0.1, -0.05) is 48.0 Å². The van der Waals surface area contributed by atoms with Crippen molar-refractivity contribution in [1.82, 2.24) is 5.32 Å². The molecule has 2 amide bonds. The second-order valence-corrected chi connectivity index (χ2v) is 9.82. The molecule has 3 aromatic carbocycles. The normalized spacial score (nSPS) is 16.9. The van der Waals surface area contributed by atoms with Crippen molar-refractivity contribution in [1.29, 1.82) is 0 Å². The molecule has 2 N–H and O–H groups in total. The number of hydrogen-bond donors (Lipinski definition) is 2. The van der Waals surface area contributed by atoms with Gasteiger partial charge in [-0.15, -0.1) is 0 Å². The molecule has 36 heavy (non-hydrogen) atoms. The summed E-state index contributed by atoms with van der Waals surface area (Å²) >= 11 is 0. The third-order valence-corrected chi connectivity index (χ3v) is 6.47. The summed E-state index contributed by atoms with van der Waals surface area (Å²) in [4.78, 5) is 26.7. The number of rotatable bonds is 6. The molecule has 0 radical (unpaired) electrons. The molecule has 1 aliphatic rings. The van der Waals surface area contributed by atoms with E-state index in [4.69, 9.17) is 4.74 Å². The molecule has 6 nitrogen and oxygen atoms in total. The number of carbonyl (C=O) groups is 2. The van der Waals surface area contributed by atoms with Gasteiger partial charge in [-0.25, -0.2) is 4.79 Å². The number of amides is 2. The predicted molar refractivity (Wildman–Crippen MR) is 145 cm³/mol. The number of benzene rings is 3. The number of anilines is 2. The molecule has 2 atom stereocenters. The molecule has 6 heteroatoms. The summed E-state index contributed by atoms with van der Waals surface area (Å²) in [5, 5.41) is 6.52. The molecule has 0 fully saturated rings. The van der Waals surface area contributed by atoms with Crippen LogP contribution in [-0.2, 0) is 16.1 Å². The lowest BCUT2D eigenvalue weighted by molar-refractivity contribution is -0.117. The van der Waals surface area contributed by atoms with Gasteiger partial charge < -0.3 is 20.3 Å². The Hall–Kier alpha value is -3.80. The molecule has 0 aromatic heterocycles. The fourth-order valence-electron chi connectivity index (χ4n) is 4.77. The van der Waals surface area contributed by atoms with Crippen LogP contribution in [0.1, 0.15) is 56.8 Å². The average Bonchev–Trinajstić information content (AvgIpc) is 2.83. The van der Waals surface area contributed by atoms with Gasteiger partial charge in [0, 0.05) is 30.9 Å². The summed E-state index contributed by atoms with van der Waals surface area (Å²) in [5.74, 6) is -0.0120. The van der Waals surface area contributed by atoms with Gasteiger partial charge in [0.05, 0.1) is 12.1 Å². The van der Waals surface area contributed by atoms with E-state index in [0.717, 1.165) is 34.6 Å². The van der Waals surface area contributed by atoms with Crippen LogP contribution in [-0.4, -0.2) is 24.1 Å². The maximum absolute atomic E-state index is 12.5. The minimum atomic E-state index is -0.447. The lowest BCUT2D eigenvalue weighted by Crippen LogP contribution is -2.45. The minimum Gasteiger partial charge on any atom is -0.447 e. The van der Waals surface area contributed by atoms with Gasteiger partial charge in [0.15, 0.2) is 0 Å². The SMILES string of the molecule is CC(=O)N1c2ccc(-c3cccc(NCc4ccc(C)cc4)c3)cc2[C@H](NC(=O)OC(C)C)C[C@@H]1C.